The Morgan fingerprint density at radius 2 is 0.754 bits per heavy atom. The van der Waals surface area contributed by atoms with Crippen molar-refractivity contribution in [3.63, 3.8) is 0 Å². The molecule has 7 N–H and O–H groups in total. The number of carboxylic acid groups (broad SMARTS) is 4. The predicted octanol–water partition coefficient (Wildman–Crippen LogP) is 13.8. The molecular formula is C95H117FN28O14. The molecule has 6 fully saturated rings. The molecule has 1 unspecified atom stereocenters. The number of aryl methyl sites for hydroxylation is 8. The number of carbonyl (C=O) groups is 4. The fraction of sp³-hybridized carbons (Fsp3) is 0.505. The number of pyridine rings is 4. The third-order valence-electron chi connectivity index (χ3n) is 25.4. The van der Waals surface area contributed by atoms with Crippen molar-refractivity contribution in [2.75, 3.05) is 16.0 Å². The van der Waals surface area contributed by atoms with E-state index in [0.717, 1.165) is 110 Å². The molecule has 0 spiro atoms. The summed E-state index contributed by atoms with van der Waals surface area (Å²) in [5.74, 6) is 1.80. The van der Waals surface area contributed by atoms with Crippen molar-refractivity contribution >= 4 is 41.7 Å². The topological polar surface area (TPSA) is 531 Å². The van der Waals surface area contributed by atoms with Gasteiger partial charge in [-0.15, -0.1) is 20.4 Å². The van der Waals surface area contributed by atoms with Gasteiger partial charge in [-0.3, -0.25) is 19.2 Å². The number of nitrogens with zero attached hydrogens (tertiary/aromatic N) is 25. The van der Waals surface area contributed by atoms with E-state index in [-0.39, 0.29) is 78.4 Å². The number of halogens is 1. The number of hydrogen-bond acceptors (Lipinski definition) is 34. The second kappa shape index (κ2) is 45.4. The van der Waals surface area contributed by atoms with Crippen LogP contribution in [0.3, 0.4) is 0 Å². The highest BCUT2D eigenvalue weighted by molar-refractivity contribution is 5.72. The number of aromatic nitrogens is 25. The van der Waals surface area contributed by atoms with Crippen LogP contribution in [-0.4, -0.2) is 200 Å². The summed E-state index contributed by atoms with van der Waals surface area (Å²) in [6, 6.07) is 20.1. The van der Waals surface area contributed by atoms with E-state index in [2.05, 4.69) is 107 Å². The largest absolute Gasteiger partial charge is 0.489 e. The molecule has 0 amide bonds. The van der Waals surface area contributed by atoms with Gasteiger partial charge in [-0.2, -0.15) is 15.0 Å². The molecule has 6 aliphatic rings. The summed E-state index contributed by atoms with van der Waals surface area (Å²) in [4.78, 5) is 103. The number of ether oxygens (including phenoxy) is 6. The van der Waals surface area contributed by atoms with Gasteiger partial charge < -0.3 is 64.8 Å². The number of hydrogen-bond donors (Lipinski definition) is 7. The number of rotatable bonds is 33. The Bertz CT molecular complexity index is 6040. The van der Waals surface area contributed by atoms with Crippen LogP contribution in [0.2, 0.25) is 0 Å². The van der Waals surface area contributed by atoms with Crippen LogP contribution >= 0.6 is 0 Å². The standard InChI is InChI=1S/C25H31N7O3.C24H29N7O4.C23H27FN6O4.C23H30N8O3/c1-15-22(35-18-8-4-7-17(13-18)24(33)34)10-9-20(28-15)23-21(32(2)31-30-23)14-27-25-26-12-11-19(29-25)16-5-3-6-16;1-14-20(34-17-5-3-4-15(12-17)23(32)33)9-8-18(27-14)22-19(31(2)30-29-22)13-26-24-25-11-10-21(28-24)35-16-6-7-16;1-13(24)17-9-10-25-23(27-17)33-12-19-21(28-29-30(19)3)18-7-8-20(14(2)26-18)34-16-6-4-5-15(11-16)22(31)32;1-13(2)21-25-12-26-23(28-21)24-11-18-20(29-30-31(18)4)17-8-9-19(14(3)27-17)34-16-7-5-6-15(10-16)22(32)33/h9-12,16-18H,3-8,13-14H2,1-2H3,(H,33,34)(H,26,27,29);8-11,15-17H,3-7,12-13H2,1-2H3,(H,32,33)(H,25,26,28);7-10,13,15-16H,4-6,11-12H2,1-3H3,(H,31,32);8-9,12-13,15-16H,5-7,10-11H2,1-4H3,(H,32,33)(H,24,25,26,28)/t17-,18-;15-,17-;13?,15-,16-;15-,16-/m0000/s1. The zero-order valence-corrected chi connectivity index (χ0v) is 79.2. The highest BCUT2D eigenvalue weighted by Crippen LogP contribution is 2.39. The lowest BCUT2D eigenvalue weighted by Gasteiger charge is -2.27. The summed E-state index contributed by atoms with van der Waals surface area (Å²) in [7, 11) is 7.24. The van der Waals surface area contributed by atoms with Crippen molar-refractivity contribution in [3.8, 4) is 80.4 Å². The molecule has 9 atom stereocenters. The molecule has 12 heterocycles. The Morgan fingerprint density at radius 3 is 1.12 bits per heavy atom. The van der Waals surface area contributed by atoms with Crippen LogP contribution in [0.15, 0.2) is 91.6 Å². The van der Waals surface area contributed by atoms with Gasteiger partial charge >= 0.3 is 29.9 Å². The summed E-state index contributed by atoms with van der Waals surface area (Å²) in [6.45, 7) is 14.3. The zero-order chi connectivity index (χ0) is 97.2. The maximum absolute atomic E-state index is 13.5. The van der Waals surface area contributed by atoms with Crippen LogP contribution in [0, 0.1) is 51.4 Å². The first-order valence-corrected chi connectivity index (χ1v) is 46.9. The molecule has 43 heteroatoms. The third kappa shape index (κ3) is 25.6. The average molecular weight is 1890 g/mol. The summed E-state index contributed by atoms with van der Waals surface area (Å²) in [5.41, 5.74) is 12.6. The molecular weight excluding hydrogens is 1780 g/mol. The average Bonchev–Trinajstić information content (AvgIpc) is 1.63. The summed E-state index contributed by atoms with van der Waals surface area (Å²) in [5, 5.41) is 80.9. The van der Waals surface area contributed by atoms with E-state index >= 15 is 0 Å². The lowest BCUT2D eigenvalue weighted by atomic mass is 9.83. The Balaban J connectivity index is 0.000000140. The lowest BCUT2D eigenvalue weighted by molar-refractivity contribution is -0.144. The van der Waals surface area contributed by atoms with E-state index in [1.165, 1.54) is 44.8 Å². The molecule has 6 saturated carbocycles. The second-order valence-corrected chi connectivity index (χ2v) is 35.9. The number of nitrogens with one attached hydrogen (secondary N) is 3. The molecule has 138 heavy (non-hydrogen) atoms. The van der Waals surface area contributed by atoms with E-state index < -0.39 is 30.0 Å². The van der Waals surface area contributed by atoms with Crippen molar-refractivity contribution in [1.82, 2.24) is 125 Å². The maximum atomic E-state index is 13.5. The number of carboxylic acids is 4. The smallest absolute Gasteiger partial charge is 0.317 e. The van der Waals surface area contributed by atoms with Crippen molar-refractivity contribution < 1.29 is 72.4 Å². The fourth-order valence-electron chi connectivity index (χ4n) is 17.1. The van der Waals surface area contributed by atoms with Gasteiger partial charge in [0, 0.05) is 70.4 Å². The molecule has 0 aromatic carbocycles. The van der Waals surface area contributed by atoms with E-state index in [4.69, 9.17) is 43.4 Å². The Hall–Kier alpha value is -14.6. The Morgan fingerprint density at radius 1 is 0.391 bits per heavy atom. The molecule has 0 bridgehead atoms. The molecule has 728 valence electrons. The molecule has 12 aromatic rings. The predicted molar refractivity (Wildman–Crippen MR) is 498 cm³/mol. The first kappa shape index (κ1) is 97.9. The van der Waals surface area contributed by atoms with Crippen molar-refractivity contribution in [1.29, 1.82) is 0 Å². The van der Waals surface area contributed by atoms with Gasteiger partial charge in [-0.25, -0.2) is 73.0 Å². The van der Waals surface area contributed by atoms with E-state index in [9.17, 15) is 44.0 Å². The fourth-order valence-corrected chi connectivity index (χ4v) is 17.1. The highest BCUT2D eigenvalue weighted by atomic mass is 19.1. The summed E-state index contributed by atoms with van der Waals surface area (Å²) < 4.78 is 56.2. The number of anilines is 3. The summed E-state index contributed by atoms with van der Waals surface area (Å²) in [6.07, 6.45) is 22.4. The molecule has 42 nitrogen and oxygen atoms in total. The van der Waals surface area contributed by atoms with E-state index in [1.54, 1.807) is 50.3 Å². The van der Waals surface area contributed by atoms with Gasteiger partial charge in [0.2, 0.25) is 23.7 Å². The minimum Gasteiger partial charge on any atom is -0.489 e. The van der Waals surface area contributed by atoms with Gasteiger partial charge in [0.15, 0.2) is 0 Å². The monoisotopic (exact) mass is 1890 g/mol. The third-order valence-corrected chi connectivity index (χ3v) is 25.4. The van der Waals surface area contributed by atoms with Crippen molar-refractivity contribution in [2.45, 2.75) is 258 Å². The van der Waals surface area contributed by atoms with Crippen LogP contribution in [0.1, 0.15) is 236 Å². The van der Waals surface area contributed by atoms with Crippen molar-refractivity contribution in [3.05, 3.63) is 154 Å². The van der Waals surface area contributed by atoms with Gasteiger partial charge in [-0.1, -0.05) is 41.1 Å². The quantitative estimate of drug-likeness (QED) is 0.0201. The molecule has 0 aliphatic heterocycles. The minimum absolute atomic E-state index is 0.0641. The number of aliphatic carboxylic acids is 4. The molecule has 0 saturated heterocycles. The first-order valence-electron chi connectivity index (χ1n) is 46.9. The minimum atomic E-state index is -1.23. The van der Waals surface area contributed by atoms with Gasteiger partial charge in [0.25, 0.3) is 0 Å². The Kier molecular flexibility index (Phi) is 32.2. The highest BCUT2D eigenvalue weighted by Gasteiger charge is 2.35. The zero-order valence-electron chi connectivity index (χ0n) is 79.2. The van der Waals surface area contributed by atoms with Gasteiger partial charge in [0.1, 0.15) is 82.5 Å². The van der Waals surface area contributed by atoms with E-state index in [0.29, 0.717) is 181 Å². The molecule has 18 rings (SSSR count). The lowest BCUT2D eigenvalue weighted by Crippen LogP contribution is -2.29. The van der Waals surface area contributed by atoms with Crippen LogP contribution < -0.4 is 44.4 Å². The maximum Gasteiger partial charge on any atom is 0.317 e. The second-order valence-electron chi connectivity index (χ2n) is 35.9. The van der Waals surface area contributed by atoms with Crippen LogP contribution in [-0.2, 0) is 73.6 Å². The SMILES string of the molecule is Cc1nc(-c2nnn(C)c2CNc2nccc(C3CCC3)n2)ccc1O[C@H]1CCC[C@H](C(=O)O)C1.Cc1nc(-c2nnn(C)c2CNc2nccc(OC3CC3)n2)ccc1O[C@H]1CCC[C@H](C(=O)O)C1.Cc1nc(-c2nnn(C)c2CNc2ncnc(C(C)C)n2)ccc1O[C@H]1CCC[C@H](C(=O)O)C1.Cc1nc(-c2nnn(C)c2COc2nccc(C(C)F)n2)ccc1O[C@H]1CCC[C@H](C(=O)O)C1. The Labute approximate surface area is 795 Å². The van der Waals surface area contributed by atoms with Crippen LogP contribution in [0.25, 0.3) is 45.6 Å². The molecule has 6 aliphatic carbocycles. The van der Waals surface area contributed by atoms with Gasteiger partial charge in [0.05, 0.1) is 136 Å². The number of alkyl halides is 1. The normalized spacial score (nSPS) is 19.3. The van der Waals surface area contributed by atoms with E-state index in [1.807, 2.05) is 111 Å². The first-order chi connectivity index (χ1) is 66.6. The molecule has 0 radical (unpaired) electrons. The van der Waals surface area contributed by atoms with Gasteiger partial charge in [-0.05, 0) is 224 Å². The van der Waals surface area contributed by atoms with Crippen LogP contribution in [0.5, 0.6) is 34.9 Å². The van der Waals surface area contributed by atoms with Crippen molar-refractivity contribution in [2.24, 2.45) is 51.9 Å². The molecule has 12 aromatic heterocycles. The summed E-state index contributed by atoms with van der Waals surface area (Å²) >= 11 is 0. The van der Waals surface area contributed by atoms with Crippen LogP contribution in [0.4, 0.5) is 22.2 Å².